The molecule has 0 aromatic heterocycles. The van der Waals surface area contributed by atoms with E-state index >= 15 is 0 Å². The topological polar surface area (TPSA) is 75.6 Å². The first kappa shape index (κ1) is 13.5. The second-order valence-corrected chi connectivity index (χ2v) is 4.19. The highest BCUT2D eigenvalue weighted by atomic mass is 79.9. The van der Waals surface area contributed by atoms with Crippen LogP contribution in [-0.4, -0.2) is 30.1 Å². The van der Waals surface area contributed by atoms with E-state index in [1.54, 1.807) is 12.1 Å². The summed E-state index contributed by atoms with van der Waals surface area (Å²) in [5.74, 6) is -0.925. The summed E-state index contributed by atoms with van der Waals surface area (Å²) in [5.41, 5.74) is 0.0935. The van der Waals surface area contributed by atoms with Gasteiger partial charge in [-0.15, -0.1) is 0 Å². The molecule has 0 atom stereocenters. The summed E-state index contributed by atoms with van der Waals surface area (Å²) < 4.78 is 6.04. The lowest BCUT2D eigenvalue weighted by atomic mass is 10.2. The summed E-state index contributed by atoms with van der Waals surface area (Å²) >= 11 is 3.23. The number of amides is 1. The largest absolute Gasteiger partial charge is 0.491 e. The summed E-state index contributed by atoms with van der Waals surface area (Å²) in [4.78, 5) is 21.5. The molecule has 0 unspecified atom stereocenters. The van der Waals surface area contributed by atoms with Crippen molar-refractivity contribution in [2.24, 2.45) is 0 Å². The number of carbonyl (C=O) groups excluding carboxylic acids is 1. The van der Waals surface area contributed by atoms with Crippen LogP contribution in [0.3, 0.4) is 0 Å². The molecule has 0 bridgehead atoms. The van der Waals surface area contributed by atoms with Crippen LogP contribution in [0.4, 0.5) is 0 Å². The van der Waals surface area contributed by atoms with Crippen molar-refractivity contribution in [1.82, 2.24) is 5.32 Å². The fourth-order valence-electron chi connectivity index (χ4n) is 1.18. The Labute approximate surface area is 107 Å². The molecule has 0 aliphatic carbocycles. The molecule has 1 aromatic carbocycles. The van der Waals surface area contributed by atoms with Crippen molar-refractivity contribution in [2.45, 2.75) is 6.92 Å². The summed E-state index contributed by atoms with van der Waals surface area (Å²) in [7, 11) is 0. The zero-order valence-electron chi connectivity index (χ0n) is 9.20. The predicted octanol–water partition coefficient (Wildman–Crippen LogP) is 1.66. The molecular formula is C11H12BrNO4. The van der Waals surface area contributed by atoms with Gasteiger partial charge in [-0.3, -0.25) is 4.79 Å². The first-order valence-electron chi connectivity index (χ1n) is 4.91. The molecule has 0 saturated carbocycles. The van der Waals surface area contributed by atoms with Crippen LogP contribution in [0.1, 0.15) is 17.3 Å². The minimum atomic E-state index is -1.05. The molecule has 0 radical (unpaired) electrons. The van der Waals surface area contributed by atoms with Crippen molar-refractivity contribution < 1.29 is 19.4 Å². The highest BCUT2D eigenvalue weighted by Gasteiger charge is 2.11. The summed E-state index contributed by atoms with van der Waals surface area (Å²) in [6.07, 6.45) is 0. The monoisotopic (exact) mass is 301 g/mol. The Hall–Kier alpha value is -1.56. The third-order valence-electron chi connectivity index (χ3n) is 1.91. The van der Waals surface area contributed by atoms with Gasteiger partial charge in [0.25, 0.3) is 0 Å². The molecular weight excluding hydrogens is 290 g/mol. The fourth-order valence-corrected chi connectivity index (χ4v) is 1.52. The van der Waals surface area contributed by atoms with Crippen molar-refractivity contribution in [1.29, 1.82) is 0 Å². The Bertz CT molecular complexity index is 433. The van der Waals surface area contributed by atoms with Crippen molar-refractivity contribution in [3.63, 3.8) is 0 Å². The lowest BCUT2D eigenvalue weighted by molar-refractivity contribution is -0.119. The quantitative estimate of drug-likeness (QED) is 0.811. The average molecular weight is 302 g/mol. The van der Waals surface area contributed by atoms with Gasteiger partial charge < -0.3 is 15.2 Å². The van der Waals surface area contributed by atoms with E-state index < -0.39 is 5.97 Å². The normalized spacial score (nSPS) is 9.76. The van der Waals surface area contributed by atoms with E-state index in [1.165, 1.54) is 13.0 Å². The van der Waals surface area contributed by atoms with Crippen LogP contribution in [0.15, 0.2) is 22.7 Å². The summed E-state index contributed by atoms with van der Waals surface area (Å²) in [6.45, 7) is 1.96. The number of hydrogen-bond acceptors (Lipinski definition) is 3. The molecule has 0 fully saturated rings. The minimum Gasteiger partial charge on any atom is -0.491 e. The molecule has 17 heavy (non-hydrogen) atoms. The molecule has 1 rings (SSSR count). The second-order valence-electron chi connectivity index (χ2n) is 3.28. The van der Waals surface area contributed by atoms with Crippen LogP contribution >= 0.6 is 15.9 Å². The summed E-state index contributed by atoms with van der Waals surface area (Å²) in [5, 5.41) is 11.5. The number of benzene rings is 1. The van der Waals surface area contributed by atoms with Crippen molar-refractivity contribution in [2.75, 3.05) is 13.2 Å². The average Bonchev–Trinajstić information content (AvgIpc) is 2.23. The first-order valence-corrected chi connectivity index (χ1v) is 5.70. The van der Waals surface area contributed by atoms with Crippen LogP contribution < -0.4 is 10.1 Å². The zero-order valence-corrected chi connectivity index (χ0v) is 10.8. The van der Waals surface area contributed by atoms with E-state index in [0.29, 0.717) is 6.54 Å². The van der Waals surface area contributed by atoms with E-state index in [9.17, 15) is 9.59 Å². The highest BCUT2D eigenvalue weighted by molar-refractivity contribution is 9.10. The Morgan fingerprint density at radius 1 is 1.47 bits per heavy atom. The molecule has 1 amide bonds. The standard InChI is InChI=1S/C11H12BrNO4/c1-7(14)13-4-5-17-10-6-8(12)2-3-9(10)11(15)16/h2-3,6H,4-5H2,1H3,(H,13,14)(H,15,16). The Morgan fingerprint density at radius 2 is 2.18 bits per heavy atom. The van der Waals surface area contributed by atoms with Crippen LogP contribution in [-0.2, 0) is 4.79 Å². The lowest BCUT2D eigenvalue weighted by Gasteiger charge is -2.09. The molecule has 1 aromatic rings. The Balaban J connectivity index is 2.65. The number of halogens is 1. The third-order valence-corrected chi connectivity index (χ3v) is 2.40. The van der Waals surface area contributed by atoms with Gasteiger partial charge in [0.1, 0.15) is 17.9 Å². The van der Waals surface area contributed by atoms with Gasteiger partial charge in [0.05, 0.1) is 6.54 Å². The smallest absolute Gasteiger partial charge is 0.339 e. The number of carboxylic acid groups (broad SMARTS) is 1. The van der Waals surface area contributed by atoms with Gasteiger partial charge in [-0.2, -0.15) is 0 Å². The number of nitrogens with one attached hydrogen (secondary N) is 1. The number of rotatable bonds is 5. The Kier molecular flexibility index (Phi) is 4.96. The number of carboxylic acids is 1. The zero-order chi connectivity index (χ0) is 12.8. The van der Waals surface area contributed by atoms with Gasteiger partial charge in [-0.05, 0) is 18.2 Å². The highest BCUT2D eigenvalue weighted by Crippen LogP contribution is 2.23. The SMILES string of the molecule is CC(=O)NCCOc1cc(Br)ccc1C(=O)O. The molecule has 2 N–H and O–H groups in total. The van der Waals surface area contributed by atoms with Crippen molar-refractivity contribution in [3.05, 3.63) is 28.2 Å². The molecule has 6 heteroatoms. The van der Waals surface area contributed by atoms with Crippen molar-refractivity contribution >= 4 is 27.8 Å². The van der Waals surface area contributed by atoms with Crippen LogP contribution in [0.5, 0.6) is 5.75 Å². The van der Waals surface area contributed by atoms with E-state index in [1.807, 2.05) is 0 Å². The van der Waals surface area contributed by atoms with Gasteiger partial charge in [0.15, 0.2) is 0 Å². The molecule has 0 spiro atoms. The maximum atomic E-state index is 10.9. The summed E-state index contributed by atoms with van der Waals surface area (Å²) in [6, 6.07) is 4.67. The molecule has 0 aliphatic rings. The number of ether oxygens (including phenoxy) is 1. The molecule has 5 nitrogen and oxygen atoms in total. The van der Waals surface area contributed by atoms with Gasteiger partial charge in [-0.1, -0.05) is 15.9 Å². The fraction of sp³-hybridized carbons (Fsp3) is 0.273. The van der Waals surface area contributed by atoms with Gasteiger partial charge >= 0.3 is 5.97 Å². The second kappa shape index (κ2) is 6.24. The van der Waals surface area contributed by atoms with Crippen molar-refractivity contribution in [3.8, 4) is 5.75 Å². The van der Waals surface area contributed by atoms with Crippen LogP contribution in [0.25, 0.3) is 0 Å². The lowest BCUT2D eigenvalue weighted by Crippen LogP contribution is -2.25. The van der Waals surface area contributed by atoms with E-state index in [-0.39, 0.29) is 23.8 Å². The number of aromatic carboxylic acids is 1. The van der Waals surface area contributed by atoms with E-state index in [4.69, 9.17) is 9.84 Å². The van der Waals surface area contributed by atoms with Gasteiger partial charge in [0.2, 0.25) is 5.91 Å². The number of hydrogen-bond donors (Lipinski definition) is 2. The molecule has 0 heterocycles. The van der Waals surface area contributed by atoms with E-state index in [0.717, 1.165) is 4.47 Å². The first-order chi connectivity index (χ1) is 8.00. The van der Waals surface area contributed by atoms with Gasteiger partial charge in [0, 0.05) is 11.4 Å². The number of carbonyl (C=O) groups is 2. The Morgan fingerprint density at radius 3 is 2.76 bits per heavy atom. The maximum Gasteiger partial charge on any atom is 0.339 e. The third kappa shape index (κ3) is 4.44. The maximum absolute atomic E-state index is 10.9. The van der Waals surface area contributed by atoms with Crippen LogP contribution in [0, 0.1) is 0 Å². The van der Waals surface area contributed by atoms with E-state index in [2.05, 4.69) is 21.2 Å². The minimum absolute atomic E-state index is 0.0935. The molecule has 0 aliphatic heterocycles. The van der Waals surface area contributed by atoms with Crippen LogP contribution in [0.2, 0.25) is 0 Å². The van der Waals surface area contributed by atoms with Gasteiger partial charge in [-0.25, -0.2) is 4.79 Å². The predicted molar refractivity (Wildman–Crippen MR) is 65.3 cm³/mol. The molecule has 92 valence electrons. The molecule has 0 saturated heterocycles.